The second kappa shape index (κ2) is 13.3. The second-order valence-electron chi connectivity index (χ2n) is 7.61. The molecule has 2 aromatic carbocycles. The van der Waals surface area contributed by atoms with Crippen molar-refractivity contribution in [2.24, 2.45) is 11.5 Å². The minimum Gasteiger partial charge on any atom is -0.497 e. The average Bonchev–Trinajstić information content (AvgIpc) is 2.83. The maximum atomic E-state index is 13.0. The molecule has 0 aliphatic rings. The van der Waals surface area contributed by atoms with Gasteiger partial charge in [-0.1, -0.05) is 30.3 Å². The van der Waals surface area contributed by atoms with E-state index in [4.69, 9.17) is 21.6 Å². The smallest absolute Gasteiger partial charge is 0.253 e. The number of nitrogens with two attached hydrogens (primary N) is 2. The van der Waals surface area contributed by atoms with Crippen LogP contribution in [0.15, 0.2) is 59.5 Å². The first-order valence-electron chi connectivity index (χ1n) is 10.7. The first-order chi connectivity index (χ1) is 16.6. The first-order valence-corrected chi connectivity index (χ1v) is 12.2. The Balaban J connectivity index is 2.10. The zero-order valence-corrected chi connectivity index (χ0v) is 20.1. The summed E-state index contributed by atoms with van der Waals surface area (Å²) < 4.78 is 30.4. The van der Waals surface area contributed by atoms with Gasteiger partial charge in [-0.2, -0.15) is 0 Å². The van der Waals surface area contributed by atoms with E-state index < -0.39 is 33.9 Å². The molecule has 35 heavy (non-hydrogen) atoms. The van der Waals surface area contributed by atoms with E-state index in [0.29, 0.717) is 12.2 Å². The Morgan fingerprint density at radius 1 is 1.03 bits per heavy atom. The highest BCUT2D eigenvalue weighted by Gasteiger charge is 2.26. The molecular formula is C22H31N7O5S. The molecule has 0 aliphatic heterocycles. The third-order valence-electron chi connectivity index (χ3n) is 4.98. The van der Waals surface area contributed by atoms with Gasteiger partial charge in [0.05, 0.1) is 12.0 Å². The molecule has 2 aromatic rings. The lowest BCUT2D eigenvalue weighted by Crippen LogP contribution is -2.56. The minimum atomic E-state index is -4.01. The zero-order chi connectivity index (χ0) is 25.8. The molecule has 2 amide bonds. The molecule has 190 valence electrons. The van der Waals surface area contributed by atoms with Gasteiger partial charge in [-0.3, -0.25) is 15.0 Å². The van der Waals surface area contributed by atoms with E-state index in [2.05, 4.69) is 20.9 Å². The molecule has 12 nitrogen and oxygen atoms in total. The number of amides is 2. The lowest BCUT2D eigenvalue weighted by molar-refractivity contribution is -0.128. The molecule has 0 heterocycles. The van der Waals surface area contributed by atoms with Gasteiger partial charge in [0.25, 0.3) is 10.0 Å². The number of primary amides is 1. The third kappa shape index (κ3) is 9.23. The van der Waals surface area contributed by atoms with Crippen molar-refractivity contribution in [2.75, 3.05) is 13.7 Å². The third-order valence-corrected chi connectivity index (χ3v) is 6.26. The van der Waals surface area contributed by atoms with Crippen LogP contribution in [0.2, 0.25) is 0 Å². The summed E-state index contributed by atoms with van der Waals surface area (Å²) in [5, 5.41) is 12.4. The van der Waals surface area contributed by atoms with Crippen LogP contribution in [0.4, 0.5) is 0 Å². The van der Waals surface area contributed by atoms with Crippen LogP contribution < -0.4 is 37.1 Å². The number of guanidine groups is 1. The van der Waals surface area contributed by atoms with Crippen LogP contribution >= 0.6 is 0 Å². The summed E-state index contributed by atoms with van der Waals surface area (Å²) in [7, 11) is -2.55. The predicted molar refractivity (Wildman–Crippen MR) is 131 cm³/mol. The number of benzene rings is 2. The van der Waals surface area contributed by atoms with Crippen LogP contribution in [-0.4, -0.2) is 51.9 Å². The second-order valence-corrected chi connectivity index (χ2v) is 9.30. The number of rotatable bonds is 14. The fourth-order valence-corrected chi connectivity index (χ4v) is 4.02. The maximum absolute atomic E-state index is 13.0. The molecule has 13 heteroatoms. The van der Waals surface area contributed by atoms with E-state index in [0.717, 1.165) is 5.56 Å². The number of nitrogens with one attached hydrogen (secondary N) is 5. The monoisotopic (exact) mass is 505 g/mol. The van der Waals surface area contributed by atoms with E-state index in [-0.39, 0.29) is 30.2 Å². The summed E-state index contributed by atoms with van der Waals surface area (Å²) in [5.74, 6) is -1.08. The SMILES string of the molecule is COc1ccc(S(=O)(=O)NN[C@@H](CCCNC(=N)N)C(=O)N[C@@H](Cc2ccccc2)C(N)=O)cc1. The summed E-state index contributed by atoms with van der Waals surface area (Å²) >= 11 is 0. The molecule has 0 unspecified atom stereocenters. The number of sulfonamides is 1. The molecule has 0 saturated carbocycles. The van der Waals surface area contributed by atoms with Gasteiger partial charge in [-0.25, -0.2) is 13.8 Å². The lowest BCUT2D eigenvalue weighted by atomic mass is 10.0. The number of ether oxygens (including phenoxy) is 1. The van der Waals surface area contributed by atoms with E-state index >= 15 is 0 Å². The Hall–Kier alpha value is -3.68. The number of methoxy groups -OCH3 is 1. The van der Waals surface area contributed by atoms with Crippen LogP contribution in [0.5, 0.6) is 5.75 Å². The predicted octanol–water partition coefficient (Wildman–Crippen LogP) is -0.677. The van der Waals surface area contributed by atoms with Crippen LogP contribution in [0, 0.1) is 5.41 Å². The zero-order valence-electron chi connectivity index (χ0n) is 19.3. The first kappa shape index (κ1) is 27.6. The normalized spacial score (nSPS) is 12.8. The summed E-state index contributed by atoms with van der Waals surface area (Å²) in [6, 6.07) is 12.7. The Kier molecular flexibility index (Phi) is 10.5. The van der Waals surface area contributed by atoms with Crippen molar-refractivity contribution in [1.29, 1.82) is 5.41 Å². The molecule has 2 atom stereocenters. The van der Waals surface area contributed by atoms with Crippen LogP contribution in [-0.2, 0) is 26.0 Å². The molecule has 0 aliphatic carbocycles. The largest absolute Gasteiger partial charge is 0.497 e. The molecule has 0 saturated heterocycles. The molecule has 0 aromatic heterocycles. The summed E-state index contributed by atoms with van der Waals surface area (Å²) in [5.41, 5.74) is 14.1. The van der Waals surface area contributed by atoms with Crippen molar-refractivity contribution in [2.45, 2.75) is 36.2 Å². The lowest BCUT2D eigenvalue weighted by Gasteiger charge is -2.22. The Labute approximate surface area is 204 Å². The molecule has 9 N–H and O–H groups in total. The van der Waals surface area contributed by atoms with Gasteiger partial charge in [0.1, 0.15) is 17.8 Å². The number of carbonyl (C=O) groups is 2. The molecule has 2 rings (SSSR count). The molecule has 0 bridgehead atoms. The highest BCUT2D eigenvalue weighted by atomic mass is 32.2. The van der Waals surface area contributed by atoms with Crippen molar-refractivity contribution >= 4 is 27.8 Å². The van der Waals surface area contributed by atoms with Crippen LogP contribution in [0.1, 0.15) is 18.4 Å². The average molecular weight is 506 g/mol. The van der Waals surface area contributed by atoms with Crippen molar-refractivity contribution < 1.29 is 22.7 Å². The van der Waals surface area contributed by atoms with Crippen molar-refractivity contribution in [1.82, 2.24) is 20.9 Å². The van der Waals surface area contributed by atoms with E-state index in [1.807, 2.05) is 6.07 Å². The van der Waals surface area contributed by atoms with Gasteiger partial charge in [-0.05, 0) is 42.7 Å². The highest BCUT2D eigenvalue weighted by Crippen LogP contribution is 2.15. The fourth-order valence-electron chi connectivity index (χ4n) is 3.11. The summed E-state index contributed by atoms with van der Waals surface area (Å²) in [6.07, 6.45) is 0.709. The van der Waals surface area contributed by atoms with Crippen LogP contribution in [0.25, 0.3) is 0 Å². The Bertz CT molecular complexity index is 1090. The van der Waals surface area contributed by atoms with Crippen LogP contribution in [0.3, 0.4) is 0 Å². The van der Waals surface area contributed by atoms with Crippen molar-refractivity contribution in [3.63, 3.8) is 0 Å². The highest BCUT2D eigenvalue weighted by molar-refractivity contribution is 7.89. The summed E-state index contributed by atoms with van der Waals surface area (Å²) in [4.78, 5) is 27.1. The Morgan fingerprint density at radius 3 is 2.26 bits per heavy atom. The van der Waals surface area contributed by atoms with Gasteiger partial charge in [0.2, 0.25) is 11.8 Å². The maximum Gasteiger partial charge on any atom is 0.253 e. The van der Waals surface area contributed by atoms with Gasteiger partial charge < -0.3 is 26.8 Å². The minimum absolute atomic E-state index is 0.0395. The molecule has 0 spiro atoms. The Morgan fingerprint density at radius 2 is 1.69 bits per heavy atom. The van der Waals surface area contributed by atoms with E-state index in [1.165, 1.54) is 31.4 Å². The van der Waals surface area contributed by atoms with Gasteiger partial charge in [-0.15, -0.1) is 4.83 Å². The van der Waals surface area contributed by atoms with Crippen molar-refractivity contribution in [3.8, 4) is 5.75 Å². The van der Waals surface area contributed by atoms with Crippen molar-refractivity contribution in [3.05, 3.63) is 60.2 Å². The van der Waals surface area contributed by atoms with Gasteiger partial charge >= 0.3 is 0 Å². The van der Waals surface area contributed by atoms with Gasteiger partial charge in [0.15, 0.2) is 5.96 Å². The fraction of sp³-hybridized carbons (Fsp3) is 0.318. The van der Waals surface area contributed by atoms with E-state index in [1.54, 1.807) is 24.3 Å². The topological polar surface area (TPSA) is 202 Å². The standard InChI is InChI=1S/C22H31N7O5S/c1-34-16-9-11-17(12-10-16)35(32,33)29-28-18(8-5-13-26-22(24)25)21(31)27-19(20(23)30)14-15-6-3-2-4-7-15/h2-4,6-7,9-12,18-19,28-29H,5,8,13-14H2,1H3,(H2,23,30)(H,27,31)(H4,24,25,26)/t18-,19-/m0/s1. The molecule has 0 fully saturated rings. The molecule has 0 radical (unpaired) electrons. The number of hydrogen-bond acceptors (Lipinski definition) is 7. The summed E-state index contributed by atoms with van der Waals surface area (Å²) in [6.45, 7) is 0.287. The van der Waals surface area contributed by atoms with E-state index in [9.17, 15) is 18.0 Å². The quantitative estimate of drug-likeness (QED) is 0.0757. The number of hydrazine groups is 1. The number of carbonyl (C=O) groups excluding carboxylic acids is 2. The number of hydrogen-bond donors (Lipinski definition) is 7. The molecular weight excluding hydrogens is 474 g/mol. The van der Waals surface area contributed by atoms with Gasteiger partial charge in [0, 0.05) is 13.0 Å².